The molecule has 7 heteroatoms. The van der Waals surface area contributed by atoms with Crippen molar-refractivity contribution in [1.82, 2.24) is 14.8 Å². The molecule has 0 saturated heterocycles. The highest BCUT2D eigenvalue weighted by atomic mass is 79.9. The first-order valence-electron chi connectivity index (χ1n) is 5.05. The average molecular weight is 315 g/mol. The molecule has 2 heterocycles. The molecule has 2 aromatic rings. The van der Waals surface area contributed by atoms with Crippen molar-refractivity contribution >= 4 is 38.3 Å². The zero-order chi connectivity index (χ0) is 12.4. The van der Waals surface area contributed by atoms with Crippen LogP contribution in [0.4, 0.5) is 5.13 Å². The molecule has 0 atom stereocenters. The van der Waals surface area contributed by atoms with Crippen molar-refractivity contribution in [2.45, 2.75) is 13.3 Å². The van der Waals surface area contributed by atoms with E-state index >= 15 is 0 Å². The predicted octanol–water partition coefficient (Wildman–Crippen LogP) is 2.45. The Morgan fingerprint density at radius 1 is 1.65 bits per heavy atom. The monoisotopic (exact) mass is 314 g/mol. The van der Waals surface area contributed by atoms with Gasteiger partial charge in [0, 0.05) is 13.2 Å². The van der Waals surface area contributed by atoms with Crippen molar-refractivity contribution in [1.29, 1.82) is 0 Å². The number of aryl methyl sites for hydroxylation is 2. The van der Waals surface area contributed by atoms with Gasteiger partial charge in [0.25, 0.3) is 5.91 Å². The molecule has 0 saturated carbocycles. The van der Waals surface area contributed by atoms with Crippen LogP contribution in [0.3, 0.4) is 0 Å². The van der Waals surface area contributed by atoms with Crippen LogP contribution in [0.2, 0.25) is 0 Å². The van der Waals surface area contributed by atoms with Gasteiger partial charge in [0.2, 0.25) is 0 Å². The van der Waals surface area contributed by atoms with Crippen molar-refractivity contribution in [3.63, 3.8) is 0 Å². The molecule has 90 valence electrons. The van der Waals surface area contributed by atoms with Crippen LogP contribution in [0.5, 0.6) is 0 Å². The molecule has 0 aromatic carbocycles. The summed E-state index contributed by atoms with van der Waals surface area (Å²) in [7, 11) is 1.80. The molecule has 2 rings (SSSR count). The summed E-state index contributed by atoms with van der Waals surface area (Å²) in [5, 5.41) is 7.56. The maximum Gasteiger partial charge on any atom is 0.260 e. The van der Waals surface area contributed by atoms with E-state index < -0.39 is 0 Å². The third-order valence-electron chi connectivity index (χ3n) is 2.18. The largest absolute Gasteiger partial charge is 0.298 e. The summed E-state index contributed by atoms with van der Waals surface area (Å²) in [6.45, 7) is 1.97. The second-order valence-corrected chi connectivity index (χ2v) is 5.85. The fourth-order valence-electron chi connectivity index (χ4n) is 1.46. The van der Waals surface area contributed by atoms with Gasteiger partial charge in [-0.1, -0.05) is 18.3 Å². The molecule has 1 amide bonds. The van der Waals surface area contributed by atoms with Crippen LogP contribution >= 0.6 is 27.3 Å². The van der Waals surface area contributed by atoms with Crippen molar-refractivity contribution in [2.24, 2.45) is 7.05 Å². The van der Waals surface area contributed by atoms with E-state index in [0.29, 0.717) is 10.7 Å². The molecule has 0 radical (unpaired) electrons. The van der Waals surface area contributed by atoms with Crippen LogP contribution in [-0.4, -0.2) is 20.7 Å². The third kappa shape index (κ3) is 2.73. The first-order chi connectivity index (χ1) is 8.10. The van der Waals surface area contributed by atoms with Crippen molar-refractivity contribution in [2.75, 3.05) is 5.32 Å². The predicted molar refractivity (Wildman–Crippen MR) is 70.4 cm³/mol. The maximum atomic E-state index is 12.0. The molecule has 0 unspecified atom stereocenters. The highest BCUT2D eigenvalue weighted by molar-refractivity contribution is 9.11. The molecule has 1 N–H and O–H groups in total. The molecule has 0 fully saturated rings. The van der Waals surface area contributed by atoms with Gasteiger partial charge in [-0.15, -0.1) is 0 Å². The first kappa shape index (κ1) is 12.3. The minimum absolute atomic E-state index is 0.170. The van der Waals surface area contributed by atoms with Crippen molar-refractivity contribution in [3.8, 4) is 0 Å². The van der Waals surface area contributed by atoms with Gasteiger partial charge in [0.15, 0.2) is 5.13 Å². The van der Waals surface area contributed by atoms with Crippen LogP contribution in [0.1, 0.15) is 23.0 Å². The van der Waals surface area contributed by atoms with Crippen LogP contribution in [-0.2, 0) is 13.5 Å². The minimum Gasteiger partial charge on any atom is -0.298 e. The highest BCUT2D eigenvalue weighted by Gasteiger charge is 2.15. The fourth-order valence-corrected chi connectivity index (χ4v) is 2.56. The van der Waals surface area contributed by atoms with E-state index in [-0.39, 0.29) is 5.91 Å². The Morgan fingerprint density at radius 3 is 3.00 bits per heavy atom. The number of hydrogen-bond acceptors (Lipinski definition) is 4. The lowest BCUT2D eigenvalue weighted by molar-refractivity contribution is 0.102. The van der Waals surface area contributed by atoms with E-state index in [2.05, 4.69) is 31.3 Å². The summed E-state index contributed by atoms with van der Waals surface area (Å²) < 4.78 is 2.53. The lowest BCUT2D eigenvalue weighted by atomic mass is 10.2. The van der Waals surface area contributed by atoms with Gasteiger partial charge >= 0.3 is 0 Å². The second kappa shape index (κ2) is 4.97. The summed E-state index contributed by atoms with van der Waals surface area (Å²) in [4.78, 5) is 16.1. The smallest absolute Gasteiger partial charge is 0.260 e. The number of carbonyl (C=O) groups excluding carboxylic acids is 1. The van der Waals surface area contributed by atoms with Gasteiger partial charge in [-0.3, -0.25) is 14.8 Å². The summed E-state index contributed by atoms with van der Waals surface area (Å²) in [5.41, 5.74) is 1.39. The van der Waals surface area contributed by atoms with E-state index in [9.17, 15) is 4.79 Å². The van der Waals surface area contributed by atoms with E-state index in [1.807, 2.05) is 6.92 Å². The Balaban J connectivity index is 2.19. The molecular formula is C10H11BrN4OS. The molecule has 0 spiro atoms. The molecule has 0 aliphatic rings. The number of rotatable bonds is 3. The quantitative estimate of drug-likeness (QED) is 0.946. The molecule has 17 heavy (non-hydrogen) atoms. The van der Waals surface area contributed by atoms with Gasteiger partial charge in [0.05, 0.1) is 21.2 Å². The van der Waals surface area contributed by atoms with Gasteiger partial charge in [-0.25, -0.2) is 4.98 Å². The third-order valence-corrected chi connectivity index (χ3v) is 3.57. The molecule has 0 aliphatic heterocycles. The van der Waals surface area contributed by atoms with Crippen LogP contribution in [0.25, 0.3) is 0 Å². The number of halogens is 1. The Labute approximate surface area is 111 Å². The first-order valence-corrected chi connectivity index (χ1v) is 6.66. The maximum absolute atomic E-state index is 12.0. The van der Waals surface area contributed by atoms with Gasteiger partial charge < -0.3 is 0 Å². The number of nitrogens with one attached hydrogen (secondary N) is 1. The van der Waals surface area contributed by atoms with Gasteiger partial charge in [-0.05, 0) is 22.4 Å². The zero-order valence-electron chi connectivity index (χ0n) is 9.40. The Hall–Kier alpha value is -1.21. The minimum atomic E-state index is -0.170. The summed E-state index contributed by atoms with van der Waals surface area (Å²) in [6, 6.07) is 0. The molecule has 0 bridgehead atoms. The summed E-state index contributed by atoms with van der Waals surface area (Å²) in [6.07, 6.45) is 4.10. The number of hydrogen-bond donors (Lipinski definition) is 1. The molecule has 2 aromatic heterocycles. The number of thiazole rings is 1. The van der Waals surface area contributed by atoms with Crippen LogP contribution in [0.15, 0.2) is 16.2 Å². The molecule has 0 aliphatic carbocycles. The van der Waals surface area contributed by atoms with E-state index in [4.69, 9.17) is 0 Å². The van der Waals surface area contributed by atoms with Gasteiger partial charge in [0.1, 0.15) is 0 Å². The van der Waals surface area contributed by atoms with E-state index in [1.54, 1.807) is 24.1 Å². The second-order valence-electron chi connectivity index (χ2n) is 3.44. The summed E-state index contributed by atoms with van der Waals surface area (Å²) in [5.74, 6) is -0.170. The van der Waals surface area contributed by atoms with Crippen LogP contribution in [0, 0.1) is 0 Å². The fraction of sp³-hybridized carbons (Fsp3) is 0.300. The molecular weight excluding hydrogens is 304 g/mol. The number of anilines is 1. The Kier molecular flexibility index (Phi) is 3.58. The Morgan fingerprint density at radius 2 is 2.41 bits per heavy atom. The van der Waals surface area contributed by atoms with Gasteiger partial charge in [-0.2, -0.15) is 5.10 Å². The zero-order valence-corrected chi connectivity index (χ0v) is 11.8. The lowest BCUT2D eigenvalue weighted by Gasteiger charge is -1.99. The molecule has 5 nitrogen and oxygen atoms in total. The highest BCUT2D eigenvalue weighted by Crippen LogP contribution is 2.23. The Bertz CT molecular complexity index is 548. The number of nitrogens with zero attached hydrogens (tertiary/aromatic N) is 3. The number of carbonyl (C=O) groups is 1. The average Bonchev–Trinajstić information content (AvgIpc) is 2.84. The topological polar surface area (TPSA) is 59.8 Å². The normalized spacial score (nSPS) is 10.5. The standard InChI is InChI=1S/C10H11BrN4OS/c1-3-7-6(5-15(2)14-7)9(16)13-10-12-4-8(11)17-10/h4-5H,3H2,1-2H3,(H,12,13,16). The number of amides is 1. The number of aromatic nitrogens is 3. The van der Waals surface area contributed by atoms with E-state index in [0.717, 1.165) is 15.9 Å². The summed E-state index contributed by atoms with van der Waals surface area (Å²) >= 11 is 4.68. The SMILES string of the molecule is CCc1nn(C)cc1C(=O)Nc1ncc(Br)s1. The van der Waals surface area contributed by atoms with Crippen LogP contribution < -0.4 is 5.32 Å². The lowest BCUT2D eigenvalue weighted by Crippen LogP contribution is -2.12. The van der Waals surface area contributed by atoms with Crippen molar-refractivity contribution < 1.29 is 4.79 Å². The van der Waals surface area contributed by atoms with Crippen molar-refractivity contribution in [3.05, 3.63) is 27.4 Å². The van der Waals surface area contributed by atoms with E-state index in [1.165, 1.54) is 11.3 Å².